The molecule has 0 aliphatic carbocycles. The fourth-order valence-corrected chi connectivity index (χ4v) is 2.74. The van der Waals surface area contributed by atoms with Crippen molar-refractivity contribution >= 4 is 23.2 Å². The van der Waals surface area contributed by atoms with Gasteiger partial charge in [-0.05, 0) is 32.1 Å². The summed E-state index contributed by atoms with van der Waals surface area (Å²) in [5.74, 6) is 1.20. The third-order valence-electron chi connectivity index (χ3n) is 3.09. The second-order valence-electron chi connectivity index (χ2n) is 4.39. The zero-order chi connectivity index (χ0) is 12.8. The lowest BCUT2D eigenvalue weighted by Gasteiger charge is -2.13. The summed E-state index contributed by atoms with van der Waals surface area (Å²) in [5.41, 5.74) is 2.17. The number of aromatic nitrogens is 2. The summed E-state index contributed by atoms with van der Waals surface area (Å²) in [7, 11) is 0. The van der Waals surface area contributed by atoms with Crippen LogP contribution >= 0.6 is 23.2 Å². The van der Waals surface area contributed by atoms with Gasteiger partial charge in [0.2, 0.25) is 0 Å². The van der Waals surface area contributed by atoms with Crippen LogP contribution in [0.25, 0.3) is 0 Å². The van der Waals surface area contributed by atoms with Gasteiger partial charge in [0.25, 0.3) is 0 Å². The highest BCUT2D eigenvalue weighted by molar-refractivity contribution is 6.31. The first-order valence-corrected chi connectivity index (χ1v) is 7.39. The Morgan fingerprint density at radius 2 is 2.00 bits per heavy atom. The van der Waals surface area contributed by atoms with Gasteiger partial charge in [0.15, 0.2) is 0 Å². The molecule has 1 heterocycles. The molecule has 98 valence electrons. The van der Waals surface area contributed by atoms with E-state index < -0.39 is 0 Å². The van der Waals surface area contributed by atoms with Crippen LogP contribution in [-0.4, -0.2) is 15.7 Å². The summed E-state index contributed by atoms with van der Waals surface area (Å²) in [6.45, 7) is 7.25. The van der Waals surface area contributed by atoms with E-state index in [1.807, 2.05) is 4.68 Å². The molecule has 0 bridgehead atoms. The number of alkyl halides is 1. The predicted octanol–water partition coefficient (Wildman–Crippen LogP) is 4.32. The first kappa shape index (κ1) is 14.8. The molecule has 0 aliphatic rings. The van der Waals surface area contributed by atoms with Gasteiger partial charge >= 0.3 is 0 Å². The molecule has 0 saturated carbocycles. The molecule has 1 rings (SSSR count). The lowest BCUT2D eigenvalue weighted by molar-refractivity contribution is 0.497. The molecule has 1 atom stereocenters. The highest BCUT2D eigenvalue weighted by Crippen LogP contribution is 2.26. The molecule has 1 aromatic heterocycles. The van der Waals surface area contributed by atoms with Crippen molar-refractivity contribution in [2.45, 2.75) is 53.0 Å². The van der Waals surface area contributed by atoms with Crippen LogP contribution in [-0.2, 0) is 19.4 Å². The van der Waals surface area contributed by atoms with Crippen molar-refractivity contribution in [2.75, 3.05) is 5.88 Å². The van der Waals surface area contributed by atoms with E-state index in [0.717, 1.165) is 48.6 Å². The molecule has 0 saturated heterocycles. The Balaban J connectivity index is 2.91. The van der Waals surface area contributed by atoms with E-state index in [4.69, 9.17) is 23.2 Å². The molecule has 0 radical (unpaired) electrons. The summed E-state index contributed by atoms with van der Waals surface area (Å²) in [6.07, 6.45) is 4.14. The number of halogens is 2. The van der Waals surface area contributed by atoms with Gasteiger partial charge in [-0.2, -0.15) is 5.10 Å². The van der Waals surface area contributed by atoms with Crippen LogP contribution in [0, 0.1) is 5.92 Å². The van der Waals surface area contributed by atoms with Crippen molar-refractivity contribution in [3.05, 3.63) is 16.4 Å². The molecule has 0 spiro atoms. The topological polar surface area (TPSA) is 17.8 Å². The fraction of sp³-hybridized carbons (Fsp3) is 0.769. The van der Waals surface area contributed by atoms with Crippen LogP contribution in [0.2, 0.25) is 5.02 Å². The molecule has 0 N–H and O–H groups in total. The van der Waals surface area contributed by atoms with Gasteiger partial charge in [-0.15, -0.1) is 11.6 Å². The minimum absolute atomic E-state index is 0.505. The number of hydrogen-bond donors (Lipinski definition) is 0. The van der Waals surface area contributed by atoms with Gasteiger partial charge in [0.05, 0.1) is 16.4 Å². The van der Waals surface area contributed by atoms with E-state index in [9.17, 15) is 0 Å². The van der Waals surface area contributed by atoms with Crippen molar-refractivity contribution in [2.24, 2.45) is 5.92 Å². The van der Waals surface area contributed by atoms with Crippen LogP contribution in [0.1, 0.15) is 45.0 Å². The molecule has 0 aromatic carbocycles. The van der Waals surface area contributed by atoms with Gasteiger partial charge in [0.1, 0.15) is 0 Å². The van der Waals surface area contributed by atoms with Gasteiger partial charge < -0.3 is 0 Å². The molecular formula is C13H22Cl2N2. The molecule has 17 heavy (non-hydrogen) atoms. The summed E-state index contributed by atoms with van der Waals surface area (Å²) in [4.78, 5) is 0. The van der Waals surface area contributed by atoms with Crippen LogP contribution in [0.3, 0.4) is 0 Å². The number of hydrogen-bond acceptors (Lipinski definition) is 1. The van der Waals surface area contributed by atoms with Crippen LogP contribution in [0.15, 0.2) is 0 Å². The summed E-state index contributed by atoms with van der Waals surface area (Å²) in [6, 6.07) is 0. The van der Waals surface area contributed by atoms with E-state index in [-0.39, 0.29) is 0 Å². The Bertz CT molecular complexity index is 347. The molecular weight excluding hydrogens is 255 g/mol. The van der Waals surface area contributed by atoms with Crippen molar-refractivity contribution in [1.29, 1.82) is 0 Å². The maximum atomic E-state index is 6.38. The van der Waals surface area contributed by atoms with Crippen LogP contribution in [0.4, 0.5) is 0 Å². The maximum absolute atomic E-state index is 6.38. The summed E-state index contributed by atoms with van der Waals surface area (Å²) in [5, 5.41) is 5.38. The van der Waals surface area contributed by atoms with Gasteiger partial charge in [-0.1, -0.05) is 31.9 Å². The second kappa shape index (κ2) is 7.27. The number of rotatable bonds is 7. The Morgan fingerprint density at radius 3 is 2.47 bits per heavy atom. The average Bonchev–Trinajstić information content (AvgIpc) is 2.65. The van der Waals surface area contributed by atoms with Gasteiger partial charge in [-0.25, -0.2) is 0 Å². The Hall–Kier alpha value is -0.210. The smallest absolute Gasteiger partial charge is 0.0849 e. The quantitative estimate of drug-likeness (QED) is 0.679. The fourth-order valence-electron chi connectivity index (χ4n) is 2.13. The van der Waals surface area contributed by atoms with Crippen molar-refractivity contribution in [3.8, 4) is 0 Å². The Kier molecular flexibility index (Phi) is 6.35. The standard InChI is InChI=1S/C13H22Cl2N2/c1-4-7-10(9-14)8-12-13(15)11(5-2)16-17(12)6-3/h10H,4-9H2,1-3H3. The largest absolute Gasteiger partial charge is 0.268 e. The van der Waals surface area contributed by atoms with E-state index in [1.165, 1.54) is 0 Å². The van der Waals surface area contributed by atoms with E-state index >= 15 is 0 Å². The van der Waals surface area contributed by atoms with Gasteiger partial charge in [0, 0.05) is 12.4 Å². The summed E-state index contributed by atoms with van der Waals surface area (Å²) < 4.78 is 2.02. The summed E-state index contributed by atoms with van der Waals surface area (Å²) >= 11 is 12.4. The van der Waals surface area contributed by atoms with Crippen LogP contribution in [0.5, 0.6) is 0 Å². The van der Waals surface area contributed by atoms with Gasteiger partial charge in [-0.3, -0.25) is 4.68 Å². The van der Waals surface area contributed by atoms with Crippen LogP contribution < -0.4 is 0 Å². The predicted molar refractivity (Wildman–Crippen MR) is 75.1 cm³/mol. The third-order valence-corrected chi connectivity index (χ3v) is 3.96. The first-order valence-electron chi connectivity index (χ1n) is 6.47. The van der Waals surface area contributed by atoms with Crippen molar-refractivity contribution < 1.29 is 0 Å². The zero-order valence-electron chi connectivity index (χ0n) is 11.0. The van der Waals surface area contributed by atoms with E-state index in [2.05, 4.69) is 25.9 Å². The SMILES string of the molecule is CCCC(CCl)Cc1c(Cl)c(CC)nn1CC. The number of aryl methyl sites for hydroxylation is 2. The van der Waals surface area contributed by atoms with E-state index in [0.29, 0.717) is 11.8 Å². The minimum Gasteiger partial charge on any atom is -0.268 e. The highest BCUT2D eigenvalue weighted by Gasteiger charge is 2.17. The second-order valence-corrected chi connectivity index (χ2v) is 5.08. The zero-order valence-corrected chi connectivity index (χ0v) is 12.5. The first-order chi connectivity index (χ1) is 8.17. The molecule has 0 aliphatic heterocycles. The van der Waals surface area contributed by atoms with Crippen molar-refractivity contribution in [1.82, 2.24) is 9.78 Å². The Labute approximate surface area is 114 Å². The van der Waals surface area contributed by atoms with Crippen molar-refractivity contribution in [3.63, 3.8) is 0 Å². The lowest BCUT2D eigenvalue weighted by atomic mass is 9.99. The molecule has 1 aromatic rings. The maximum Gasteiger partial charge on any atom is 0.0849 e. The number of nitrogens with zero attached hydrogens (tertiary/aromatic N) is 2. The molecule has 4 heteroatoms. The molecule has 1 unspecified atom stereocenters. The molecule has 0 fully saturated rings. The van der Waals surface area contributed by atoms with E-state index in [1.54, 1.807) is 0 Å². The normalized spacial score (nSPS) is 13.0. The minimum atomic E-state index is 0.505. The molecule has 0 amide bonds. The molecule has 2 nitrogen and oxygen atoms in total. The average molecular weight is 277 g/mol. The Morgan fingerprint density at radius 1 is 1.29 bits per heavy atom. The third kappa shape index (κ3) is 3.62. The lowest BCUT2D eigenvalue weighted by Crippen LogP contribution is -2.11. The monoisotopic (exact) mass is 276 g/mol. The highest BCUT2D eigenvalue weighted by atomic mass is 35.5.